The Hall–Kier alpha value is -1.39. The zero-order chi connectivity index (χ0) is 17.7. The zero-order valence-electron chi connectivity index (χ0n) is 15.8. The molecule has 1 N–H and O–H groups in total. The van der Waals surface area contributed by atoms with Crippen LogP contribution in [0.5, 0.6) is 0 Å². The fraction of sp³-hybridized carbons (Fsp3) is 0.667. The van der Waals surface area contributed by atoms with Crippen molar-refractivity contribution >= 4 is 5.91 Å². The second-order valence-electron chi connectivity index (χ2n) is 7.81. The lowest BCUT2D eigenvalue weighted by Gasteiger charge is -2.42. The topological polar surface area (TPSA) is 35.6 Å². The number of hydrogen-bond donors (Lipinski definition) is 1. The van der Waals surface area contributed by atoms with Gasteiger partial charge in [-0.2, -0.15) is 0 Å². The van der Waals surface area contributed by atoms with Crippen LogP contribution in [0, 0.1) is 0 Å². The van der Waals surface area contributed by atoms with E-state index in [9.17, 15) is 4.79 Å². The van der Waals surface area contributed by atoms with Crippen LogP contribution >= 0.6 is 0 Å². The lowest BCUT2D eigenvalue weighted by molar-refractivity contribution is -0.128. The summed E-state index contributed by atoms with van der Waals surface area (Å²) >= 11 is 0. The third-order valence-corrected chi connectivity index (χ3v) is 6.25. The number of piperidine rings is 2. The number of nitrogens with one attached hydrogen (secondary N) is 1. The molecule has 0 aliphatic carbocycles. The van der Waals surface area contributed by atoms with Gasteiger partial charge in [0.2, 0.25) is 5.91 Å². The molecule has 0 spiro atoms. The minimum Gasteiger partial charge on any atom is -0.354 e. The highest BCUT2D eigenvalue weighted by Gasteiger charge is 2.37. The van der Waals surface area contributed by atoms with Crippen molar-refractivity contribution in [1.29, 1.82) is 0 Å². The van der Waals surface area contributed by atoms with Crippen molar-refractivity contribution in [2.45, 2.75) is 50.5 Å². The van der Waals surface area contributed by atoms with Crippen LogP contribution in [0.4, 0.5) is 0 Å². The van der Waals surface area contributed by atoms with Crippen molar-refractivity contribution < 1.29 is 4.79 Å². The summed E-state index contributed by atoms with van der Waals surface area (Å²) in [4.78, 5) is 17.6. The van der Waals surface area contributed by atoms with Crippen molar-refractivity contribution in [2.75, 3.05) is 39.8 Å². The van der Waals surface area contributed by atoms with E-state index >= 15 is 0 Å². The Bertz CT molecular complexity index is 552. The molecule has 2 aliphatic rings. The number of likely N-dealkylation sites (N-methyl/N-ethyl adjacent to an activating group) is 1. The van der Waals surface area contributed by atoms with Gasteiger partial charge in [0.1, 0.15) is 0 Å². The monoisotopic (exact) mass is 343 g/mol. The average molecular weight is 344 g/mol. The molecule has 4 nitrogen and oxygen atoms in total. The van der Waals surface area contributed by atoms with Crippen LogP contribution in [0.25, 0.3) is 0 Å². The predicted octanol–water partition coefficient (Wildman–Crippen LogP) is 2.64. The minimum atomic E-state index is 0.0674. The van der Waals surface area contributed by atoms with Crippen LogP contribution in [-0.4, -0.2) is 61.5 Å². The summed E-state index contributed by atoms with van der Waals surface area (Å²) in [6.45, 7) is 7.13. The van der Waals surface area contributed by atoms with Crippen molar-refractivity contribution in [3.8, 4) is 0 Å². The maximum Gasteiger partial charge on any atom is 0.237 e. The molecule has 1 atom stereocenters. The maximum absolute atomic E-state index is 12.9. The molecular weight excluding hydrogens is 310 g/mol. The number of likely N-dealkylation sites (tertiary alicyclic amines) is 2. The van der Waals surface area contributed by atoms with E-state index in [-0.39, 0.29) is 17.4 Å². The Morgan fingerprint density at radius 3 is 2.56 bits per heavy atom. The van der Waals surface area contributed by atoms with E-state index in [0.29, 0.717) is 0 Å². The van der Waals surface area contributed by atoms with Gasteiger partial charge in [-0.25, -0.2) is 0 Å². The molecular formula is C21H33N3O. The standard InChI is InChI=1S/C21H33N3O/c1-3-24-14-8-7-11-19(24)20(25)22-17-21(12-15-23(2)16-13-21)18-9-5-4-6-10-18/h4-6,9-10,19H,3,7-8,11-17H2,1-2H3,(H,22,25)/t19-/m1/s1. The molecule has 1 aromatic rings. The molecule has 0 unspecified atom stereocenters. The summed E-state index contributed by atoms with van der Waals surface area (Å²) in [5, 5.41) is 3.34. The highest BCUT2D eigenvalue weighted by molar-refractivity contribution is 5.82. The van der Waals surface area contributed by atoms with Crippen LogP contribution in [0.2, 0.25) is 0 Å². The van der Waals surface area contributed by atoms with Crippen LogP contribution in [0.15, 0.2) is 30.3 Å². The lowest BCUT2D eigenvalue weighted by Crippen LogP contribution is -2.53. The van der Waals surface area contributed by atoms with Crippen LogP contribution in [0.1, 0.15) is 44.6 Å². The Labute approximate surface area is 152 Å². The summed E-state index contributed by atoms with van der Waals surface area (Å²) < 4.78 is 0. The fourth-order valence-electron chi connectivity index (χ4n) is 4.45. The van der Waals surface area contributed by atoms with E-state index in [0.717, 1.165) is 52.0 Å². The van der Waals surface area contributed by atoms with Crippen LogP contribution < -0.4 is 5.32 Å². The minimum absolute atomic E-state index is 0.0674. The van der Waals surface area contributed by atoms with Gasteiger partial charge in [0, 0.05) is 12.0 Å². The van der Waals surface area contributed by atoms with E-state index in [1.165, 1.54) is 18.4 Å². The first-order valence-corrected chi connectivity index (χ1v) is 9.90. The Kier molecular flexibility index (Phi) is 6.13. The number of amides is 1. The number of carbonyl (C=O) groups is 1. The van der Waals surface area contributed by atoms with E-state index < -0.39 is 0 Å². The smallest absolute Gasteiger partial charge is 0.237 e. The Morgan fingerprint density at radius 2 is 1.88 bits per heavy atom. The highest BCUT2D eigenvalue weighted by atomic mass is 16.2. The molecule has 138 valence electrons. The van der Waals surface area contributed by atoms with E-state index in [1.807, 2.05) is 0 Å². The molecule has 1 amide bonds. The van der Waals surface area contributed by atoms with Gasteiger partial charge in [-0.1, -0.05) is 43.7 Å². The van der Waals surface area contributed by atoms with Gasteiger partial charge < -0.3 is 10.2 Å². The first-order valence-electron chi connectivity index (χ1n) is 9.90. The largest absolute Gasteiger partial charge is 0.354 e. The maximum atomic E-state index is 12.9. The molecule has 3 rings (SSSR count). The molecule has 2 saturated heterocycles. The summed E-state index contributed by atoms with van der Waals surface area (Å²) in [7, 11) is 2.19. The predicted molar refractivity (Wildman–Crippen MR) is 103 cm³/mol. The highest BCUT2D eigenvalue weighted by Crippen LogP contribution is 2.34. The molecule has 1 aromatic carbocycles. The summed E-state index contributed by atoms with van der Waals surface area (Å²) in [5.74, 6) is 0.232. The molecule has 25 heavy (non-hydrogen) atoms. The van der Waals surface area contributed by atoms with Crippen molar-refractivity contribution in [1.82, 2.24) is 15.1 Å². The van der Waals surface area contributed by atoms with Crippen molar-refractivity contribution in [2.24, 2.45) is 0 Å². The van der Waals surface area contributed by atoms with Crippen LogP contribution in [-0.2, 0) is 10.2 Å². The van der Waals surface area contributed by atoms with Gasteiger partial charge in [0.05, 0.1) is 6.04 Å². The van der Waals surface area contributed by atoms with E-state index in [4.69, 9.17) is 0 Å². The summed E-state index contributed by atoms with van der Waals surface area (Å²) in [6.07, 6.45) is 5.60. The van der Waals surface area contributed by atoms with Gasteiger partial charge in [-0.05, 0) is 64.5 Å². The molecule has 4 heteroatoms. The first kappa shape index (κ1) is 18.4. The second kappa shape index (κ2) is 8.33. The van der Waals surface area contributed by atoms with E-state index in [2.05, 4.69) is 59.4 Å². The summed E-state index contributed by atoms with van der Waals surface area (Å²) in [6, 6.07) is 10.9. The van der Waals surface area contributed by atoms with Gasteiger partial charge in [-0.15, -0.1) is 0 Å². The number of hydrogen-bond acceptors (Lipinski definition) is 3. The summed E-state index contributed by atoms with van der Waals surface area (Å²) in [5.41, 5.74) is 1.45. The van der Waals surface area contributed by atoms with Gasteiger partial charge >= 0.3 is 0 Å². The molecule has 2 fully saturated rings. The molecule has 0 radical (unpaired) electrons. The second-order valence-corrected chi connectivity index (χ2v) is 7.81. The Morgan fingerprint density at radius 1 is 1.16 bits per heavy atom. The van der Waals surface area contributed by atoms with Crippen molar-refractivity contribution in [3.05, 3.63) is 35.9 Å². The van der Waals surface area contributed by atoms with Crippen LogP contribution in [0.3, 0.4) is 0 Å². The van der Waals surface area contributed by atoms with E-state index in [1.54, 1.807) is 0 Å². The number of rotatable bonds is 5. The number of benzene rings is 1. The number of carbonyl (C=O) groups excluding carboxylic acids is 1. The normalized spacial score (nSPS) is 24.8. The lowest BCUT2D eigenvalue weighted by atomic mass is 9.72. The molecule has 0 saturated carbocycles. The first-order chi connectivity index (χ1) is 12.1. The third-order valence-electron chi connectivity index (χ3n) is 6.25. The number of nitrogens with zero attached hydrogens (tertiary/aromatic N) is 2. The van der Waals surface area contributed by atoms with Crippen molar-refractivity contribution in [3.63, 3.8) is 0 Å². The molecule has 0 aromatic heterocycles. The SMILES string of the molecule is CCN1CCCC[C@@H]1C(=O)NCC1(c2ccccc2)CCN(C)CC1. The third kappa shape index (κ3) is 4.24. The average Bonchev–Trinajstić information content (AvgIpc) is 2.68. The molecule has 0 bridgehead atoms. The quantitative estimate of drug-likeness (QED) is 0.893. The Balaban J connectivity index is 1.69. The van der Waals surface area contributed by atoms with Gasteiger partial charge in [0.15, 0.2) is 0 Å². The zero-order valence-corrected chi connectivity index (χ0v) is 15.8. The fourth-order valence-corrected chi connectivity index (χ4v) is 4.45. The molecule has 2 aliphatic heterocycles. The molecule has 2 heterocycles. The van der Waals surface area contributed by atoms with Gasteiger partial charge in [-0.3, -0.25) is 9.69 Å². The van der Waals surface area contributed by atoms with Gasteiger partial charge in [0.25, 0.3) is 0 Å².